The van der Waals surface area contributed by atoms with E-state index in [1.807, 2.05) is 29.6 Å². The number of benzene rings is 1. The summed E-state index contributed by atoms with van der Waals surface area (Å²) < 4.78 is 6.12. The largest absolute Gasteiger partial charge is 0.496 e. The topological polar surface area (TPSA) is 22.1 Å². The van der Waals surface area contributed by atoms with Crippen LogP contribution in [-0.2, 0) is 0 Å². The quantitative estimate of drug-likeness (QED) is 0.832. The van der Waals surface area contributed by atoms with Crippen molar-refractivity contribution >= 4 is 27.3 Å². The zero-order valence-corrected chi connectivity index (χ0v) is 9.93. The van der Waals surface area contributed by atoms with Crippen LogP contribution >= 0.6 is 27.3 Å². The smallest absolute Gasteiger partial charge is 0.129 e. The monoisotopic (exact) mass is 269 g/mol. The third kappa shape index (κ3) is 1.81. The summed E-state index contributed by atoms with van der Waals surface area (Å²) in [5, 5.41) is 2.93. The van der Waals surface area contributed by atoms with Crippen molar-refractivity contribution in [1.82, 2.24) is 4.98 Å². The number of hydrogen-bond acceptors (Lipinski definition) is 3. The molecule has 0 saturated heterocycles. The number of aromatic nitrogens is 1. The van der Waals surface area contributed by atoms with Gasteiger partial charge in [-0.15, -0.1) is 11.3 Å². The van der Waals surface area contributed by atoms with Gasteiger partial charge in [0.1, 0.15) is 15.4 Å². The predicted molar refractivity (Wildman–Crippen MR) is 61.8 cm³/mol. The van der Waals surface area contributed by atoms with E-state index in [2.05, 4.69) is 20.9 Å². The van der Waals surface area contributed by atoms with Gasteiger partial charge < -0.3 is 4.74 Å². The minimum atomic E-state index is 0.856. The Morgan fingerprint density at radius 2 is 2.14 bits per heavy atom. The minimum absolute atomic E-state index is 0.856. The molecule has 0 spiro atoms. The van der Waals surface area contributed by atoms with Crippen LogP contribution in [0.5, 0.6) is 5.75 Å². The Hall–Kier alpha value is -0.870. The van der Waals surface area contributed by atoms with E-state index in [4.69, 9.17) is 4.74 Å². The first-order valence-electron chi connectivity index (χ1n) is 4.05. The van der Waals surface area contributed by atoms with E-state index < -0.39 is 0 Å². The standard InChI is InChI=1S/C10H8BrNOS/c1-13-8-5-3-2-4-7(8)10-12-9(11)6-14-10/h2-6H,1H3. The molecule has 1 aromatic carbocycles. The van der Waals surface area contributed by atoms with Crippen LogP contribution in [0.2, 0.25) is 0 Å². The molecule has 0 amide bonds. The number of para-hydroxylation sites is 1. The molecule has 1 aromatic heterocycles. The molecule has 0 aliphatic carbocycles. The molecule has 0 aliphatic rings. The van der Waals surface area contributed by atoms with Gasteiger partial charge in [-0.3, -0.25) is 0 Å². The third-order valence-electron chi connectivity index (χ3n) is 1.81. The van der Waals surface area contributed by atoms with Crippen molar-refractivity contribution in [3.8, 4) is 16.3 Å². The van der Waals surface area contributed by atoms with Crippen molar-refractivity contribution in [2.24, 2.45) is 0 Å². The second-order valence-electron chi connectivity index (χ2n) is 2.68. The van der Waals surface area contributed by atoms with Crippen LogP contribution in [0.15, 0.2) is 34.2 Å². The molecule has 4 heteroatoms. The van der Waals surface area contributed by atoms with E-state index in [1.165, 1.54) is 0 Å². The molecule has 14 heavy (non-hydrogen) atoms. The summed E-state index contributed by atoms with van der Waals surface area (Å²) in [5.74, 6) is 0.856. The fourth-order valence-corrected chi connectivity index (χ4v) is 2.48. The van der Waals surface area contributed by atoms with Crippen molar-refractivity contribution in [2.45, 2.75) is 0 Å². The molecular weight excluding hydrogens is 262 g/mol. The van der Waals surface area contributed by atoms with Gasteiger partial charge in [0.25, 0.3) is 0 Å². The maximum absolute atomic E-state index is 5.26. The molecule has 2 rings (SSSR count). The Morgan fingerprint density at radius 1 is 1.36 bits per heavy atom. The van der Waals surface area contributed by atoms with Crippen molar-refractivity contribution in [3.05, 3.63) is 34.2 Å². The number of thiazole rings is 1. The van der Waals surface area contributed by atoms with Gasteiger partial charge >= 0.3 is 0 Å². The fraction of sp³-hybridized carbons (Fsp3) is 0.100. The number of ether oxygens (including phenoxy) is 1. The normalized spacial score (nSPS) is 10.1. The molecule has 0 radical (unpaired) electrons. The van der Waals surface area contributed by atoms with Gasteiger partial charge in [-0.05, 0) is 28.1 Å². The summed E-state index contributed by atoms with van der Waals surface area (Å²) in [7, 11) is 1.67. The van der Waals surface area contributed by atoms with Crippen LogP contribution in [0, 0.1) is 0 Å². The van der Waals surface area contributed by atoms with Crippen LogP contribution < -0.4 is 4.74 Å². The lowest BCUT2D eigenvalue weighted by molar-refractivity contribution is 0.416. The molecule has 0 aliphatic heterocycles. The molecule has 2 aromatic rings. The highest BCUT2D eigenvalue weighted by Crippen LogP contribution is 2.32. The zero-order chi connectivity index (χ0) is 9.97. The minimum Gasteiger partial charge on any atom is -0.496 e. The maximum Gasteiger partial charge on any atom is 0.129 e. The summed E-state index contributed by atoms with van der Waals surface area (Å²) >= 11 is 4.93. The van der Waals surface area contributed by atoms with Crippen LogP contribution in [0.1, 0.15) is 0 Å². The highest BCUT2D eigenvalue weighted by Gasteiger charge is 2.07. The Kier molecular flexibility index (Phi) is 2.84. The molecule has 0 atom stereocenters. The lowest BCUT2D eigenvalue weighted by atomic mass is 10.2. The Balaban J connectivity index is 2.50. The Morgan fingerprint density at radius 3 is 2.79 bits per heavy atom. The van der Waals surface area contributed by atoms with Crippen LogP contribution in [-0.4, -0.2) is 12.1 Å². The maximum atomic E-state index is 5.26. The molecular formula is C10H8BrNOS. The average molecular weight is 270 g/mol. The summed E-state index contributed by atoms with van der Waals surface area (Å²) in [6.45, 7) is 0. The Bertz CT molecular complexity index is 441. The van der Waals surface area contributed by atoms with E-state index >= 15 is 0 Å². The number of methoxy groups -OCH3 is 1. The lowest BCUT2D eigenvalue weighted by Crippen LogP contribution is -1.86. The second kappa shape index (κ2) is 4.11. The number of nitrogens with zero attached hydrogens (tertiary/aromatic N) is 1. The van der Waals surface area contributed by atoms with Crippen molar-refractivity contribution in [1.29, 1.82) is 0 Å². The van der Waals surface area contributed by atoms with E-state index in [9.17, 15) is 0 Å². The van der Waals surface area contributed by atoms with Gasteiger partial charge in [0.15, 0.2) is 0 Å². The molecule has 1 heterocycles. The second-order valence-corrected chi connectivity index (χ2v) is 4.35. The first-order chi connectivity index (χ1) is 6.81. The summed E-state index contributed by atoms with van der Waals surface area (Å²) in [6, 6.07) is 7.87. The van der Waals surface area contributed by atoms with Crippen LogP contribution in [0.25, 0.3) is 10.6 Å². The first-order valence-corrected chi connectivity index (χ1v) is 5.73. The summed E-state index contributed by atoms with van der Waals surface area (Å²) in [4.78, 5) is 4.34. The predicted octanol–water partition coefficient (Wildman–Crippen LogP) is 3.58. The summed E-state index contributed by atoms with van der Waals surface area (Å²) in [6.07, 6.45) is 0. The van der Waals surface area contributed by atoms with Gasteiger partial charge in [0.2, 0.25) is 0 Å². The number of rotatable bonds is 2. The molecule has 2 nitrogen and oxygen atoms in total. The molecule has 72 valence electrons. The van der Waals surface area contributed by atoms with Crippen molar-refractivity contribution < 1.29 is 4.74 Å². The van der Waals surface area contributed by atoms with E-state index in [0.29, 0.717) is 0 Å². The zero-order valence-electron chi connectivity index (χ0n) is 7.53. The van der Waals surface area contributed by atoms with Gasteiger partial charge in [-0.2, -0.15) is 0 Å². The fourth-order valence-electron chi connectivity index (χ4n) is 1.20. The number of hydrogen-bond donors (Lipinski definition) is 0. The third-order valence-corrected chi connectivity index (χ3v) is 3.40. The van der Waals surface area contributed by atoms with E-state index in [-0.39, 0.29) is 0 Å². The van der Waals surface area contributed by atoms with Crippen molar-refractivity contribution in [2.75, 3.05) is 7.11 Å². The molecule has 0 bridgehead atoms. The first kappa shape index (κ1) is 9.68. The highest BCUT2D eigenvalue weighted by atomic mass is 79.9. The van der Waals surface area contributed by atoms with Gasteiger partial charge in [0.05, 0.1) is 12.7 Å². The van der Waals surface area contributed by atoms with E-state index in [1.54, 1.807) is 18.4 Å². The van der Waals surface area contributed by atoms with Gasteiger partial charge in [-0.25, -0.2) is 4.98 Å². The summed E-state index contributed by atoms with van der Waals surface area (Å²) in [5.41, 5.74) is 1.03. The highest BCUT2D eigenvalue weighted by molar-refractivity contribution is 9.10. The lowest BCUT2D eigenvalue weighted by Gasteiger charge is -2.04. The SMILES string of the molecule is COc1ccccc1-c1nc(Br)cs1. The number of halogens is 1. The van der Waals surface area contributed by atoms with Crippen LogP contribution in [0.3, 0.4) is 0 Å². The Labute approximate surface area is 94.7 Å². The average Bonchev–Trinajstić information content (AvgIpc) is 2.65. The van der Waals surface area contributed by atoms with Crippen molar-refractivity contribution in [3.63, 3.8) is 0 Å². The molecule has 0 fully saturated rings. The van der Waals surface area contributed by atoms with E-state index in [0.717, 1.165) is 20.9 Å². The van der Waals surface area contributed by atoms with Gasteiger partial charge in [0, 0.05) is 5.38 Å². The molecule has 0 saturated carbocycles. The van der Waals surface area contributed by atoms with Gasteiger partial charge in [-0.1, -0.05) is 12.1 Å². The molecule has 0 N–H and O–H groups in total. The molecule has 0 unspecified atom stereocenters. The van der Waals surface area contributed by atoms with Crippen LogP contribution in [0.4, 0.5) is 0 Å².